The van der Waals surface area contributed by atoms with Gasteiger partial charge in [-0.05, 0) is 39.8 Å². The number of likely N-dealkylation sites (N-methyl/N-ethyl adjacent to an activating group) is 1. The van der Waals surface area contributed by atoms with Crippen molar-refractivity contribution in [2.45, 2.75) is 52.6 Å². The maximum atomic E-state index is 12.4. The van der Waals surface area contributed by atoms with E-state index in [1.807, 2.05) is 32.8 Å². The Bertz CT molecular complexity index is 322. The molecule has 0 aromatic rings. The number of carboxylic acids is 1. The molecule has 0 aliphatic carbocycles. The molecule has 21 heavy (non-hydrogen) atoms. The fraction of sp³-hybridized carbons (Fsp3) is 0.867. The van der Waals surface area contributed by atoms with E-state index in [1.165, 1.54) is 4.90 Å². The fourth-order valence-electron chi connectivity index (χ4n) is 2.24. The third kappa shape index (κ3) is 8.55. The van der Waals surface area contributed by atoms with Crippen LogP contribution in [0, 0.1) is 5.92 Å². The number of hydrogen-bond acceptors (Lipinski definition) is 3. The number of nitrogens with one attached hydrogen (secondary N) is 1. The quantitative estimate of drug-likeness (QED) is 0.682. The molecule has 0 aliphatic heterocycles. The lowest BCUT2D eigenvalue weighted by Crippen LogP contribution is -2.52. The van der Waals surface area contributed by atoms with E-state index >= 15 is 0 Å². The standard InChI is InChI=1S/C15H31N3O3/c1-7-12(4)18(10-14(19)20)15(21)16-13(8-11(2)3)9-17(5)6/h11-13H,7-10H2,1-6H3,(H,16,21)(H,19,20). The minimum absolute atomic E-state index is 0.0212. The SMILES string of the molecule is CCC(C)N(CC(=O)O)C(=O)NC(CC(C)C)CN(C)C. The molecule has 0 saturated heterocycles. The predicted molar refractivity (Wildman–Crippen MR) is 84.4 cm³/mol. The Kier molecular flexibility index (Phi) is 9.01. The third-order valence-corrected chi connectivity index (χ3v) is 3.36. The fourth-order valence-corrected chi connectivity index (χ4v) is 2.24. The van der Waals surface area contributed by atoms with Crippen LogP contribution in [0.3, 0.4) is 0 Å². The molecule has 0 heterocycles. The summed E-state index contributed by atoms with van der Waals surface area (Å²) < 4.78 is 0. The third-order valence-electron chi connectivity index (χ3n) is 3.36. The smallest absolute Gasteiger partial charge is 0.323 e. The Hall–Kier alpha value is -1.30. The highest BCUT2D eigenvalue weighted by molar-refractivity contribution is 5.80. The van der Waals surface area contributed by atoms with Gasteiger partial charge in [-0.15, -0.1) is 0 Å². The molecular weight excluding hydrogens is 270 g/mol. The van der Waals surface area contributed by atoms with Crippen molar-refractivity contribution in [1.82, 2.24) is 15.1 Å². The number of amides is 2. The van der Waals surface area contributed by atoms with E-state index in [4.69, 9.17) is 5.11 Å². The van der Waals surface area contributed by atoms with Gasteiger partial charge < -0.3 is 20.2 Å². The number of carbonyl (C=O) groups is 2. The number of hydrogen-bond donors (Lipinski definition) is 2. The van der Waals surface area contributed by atoms with Gasteiger partial charge in [0.1, 0.15) is 6.54 Å². The summed E-state index contributed by atoms with van der Waals surface area (Å²) in [6.07, 6.45) is 1.59. The van der Waals surface area contributed by atoms with Crippen molar-refractivity contribution in [3.8, 4) is 0 Å². The summed E-state index contributed by atoms with van der Waals surface area (Å²) in [4.78, 5) is 26.8. The van der Waals surface area contributed by atoms with E-state index in [2.05, 4.69) is 19.2 Å². The highest BCUT2D eigenvalue weighted by atomic mass is 16.4. The largest absolute Gasteiger partial charge is 0.480 e. The molecular formula is C15H31N3O3. The molecule has 2 amide bonds. The first-order valence-electron chi connectivity index (χ1n) is 7.60. The summed E-state index contributed by atoms with van der Waals surface area (Å²) >= 11 is 0. The Labute approximate surface area is 128 Å². The van der Waals surface area contributed by atoms with Crippen LogP contribution in [0.25, 0.3) is 0 Å². The van der Waals surface area contributed by atoms with Crippen LogP contribution in [-0.2, 0) is 4.79 Å². The summed E-state index contributed by atoms with van der Waals surface area (Å²) in [5, 5.41) is 12.0. The van der Waals surface area contributed by atoms with E-state index in [-0.39, 0.29) is 24.7 Å². The molecule has 0 radical (unpaired) electrons. The van der Waals surface area contributed by atoms with Gasteiger partial charge in [0.25, 0.3) is 0 Å². The van der Waals surface area contributed by atoms with Crippen LogP contribution < -0.4 is 5.32 Å². The van der Waals surface area contributed by atoms with Gasteiger partial charge in [0.15, 0.2) is 0 Å². The van der Waals surface area contributed by atoms with E-state index in [9.17, 15) is 9.59 Å². The molecule has 0 aromatic carbocycles. The normalized spacial score (nSPS) is 14.1. The van der Waals surface area contributed by atoms with Gasteiger partial charge in [-0.2, -0.15) is 0 Å². The second-order valence-corrected chi connectivity index (χ2v) is 6.32. The van der Waals surface area contributed by atoms with Crippen LogP contribution >= 0.6 is 0 Å². The first-order chi connectivity index (χ1) is 9.67. The van der Waals surface area contributed by atoms with Crippen LogP contribution in [0.5, 0.6) is 0 Å². The van der Waals surface area contributed by atoms with E-state index < -0.39 is 5.97 Å². The number of nitrogens with zero attached hydrogens (tertiary/aromatic N) is 2. The molecule has 2 unspecified atom stereocenters. The molecule has 2 N–H and O–H groups in total. The molecule has 0 aliphatic rings. The number of rotatable bonds is 9. The van der Waals surface area contributed by atoms with Crippen molar-refractivity contribution in [2.24, 2.45) is 5.92 Å². The first kappa shape index (κ1) is 19.7. The van der Waals surface area contributed by atoms with Gasteiger partial charge in [0.05, 0.1) is 0 Å². The number of urea groups is 1. The van der Waals surface area contributed by atoms with Gasteiger partial charge in [-0.25, -0.2) is 4.79 Å². The van der Waals surface area contributed by atoms with E-state index in [0.717, 1.165) is 19.4 Å². The Morgan fingerprint density at radius 1 is 1.19 bits per heavy atom. The Morgan fingerprint density at radius 2 is 1.76 bits per heavy atom. The molecule has 0 aromatic heterocycles. The summed E-state index contributed by atoms with van der Waals surface area (Å²) in [6.45, 7) is 8.50. The van der Waals surface area contributed by atoms with Gasteiger partial charge >= 0.3 is 12.0 Å². The number of carbonyl (C=O) groups excluding carboxylic acids is 1. The summed E-state index contributed by atoms with van der Waals surface area (Å²) in [5.41, 5.74) is 0. The van der Waals surface area contributed by atoms with Crippen molar-refractivity contribution in [2.75, 3.05) is 27.2 Å². The van der Waals surface area contributed by atoms with Crippen molar-refractivity contribution in [3.05, 3.63) is 0 Å². The lowest BCUT2D eigenvalue weighted by molar-refractivity contribution is -0.138. The lowest BCUT2D eigenvalue weighted by Gasteiger charge is -2.31. The second kappa shape index (κ2) is 9.60. The summed E-state index contributed by atoms with van der Waals surface area (Å²) in [5.74, 6) is -0.523. The average Bonchev–Trinajstić information content (AvgIpc) is 2.32. The first-order valence-corrected chi connectivity index (χ1v) is 7.60. The van der Waals surface area contributed by atoms with Gasteiger partial charge in [0, 0.05) is 18.6 Å². The summed E-state index contributed by atoms with van der Waals surface area (Å²) in [6, 6.07) is -0.368. The summed E-state index contributed by atoms with van der Waals surface area (Å²) in [7, 11) is 3.92. The molecule has 6 heteroatoms. The maximum absolute atomic E-state index is 12.4. The second-order valence-electron chi connectivity index (χ2n) is 6.32. The minimum Gasteiger partial charge on any atom is -0.480 e. The minimum atomic E-state index is -0.988. The molecule has 6 nitrogen and oxygen atoms in total. The van der Waals surface area contributed by atoms with Crippen molar-refractivity contribution in [3.63, 3.8) is 0 Å². The van der Waals surface area contributed by atoms with Gasteiger partial charge in [-0.3, -0.25) is 4.79 Å². The highest BCUT2D eigenvalue weighted by Crippen LogP contribution is 2.09. The maximum Gasteiger partial charge on any atom is 0.323 e. The Morgan fingerprint density at radius 3 is 2.14 bits per heavy atom. The molecule has 0 bridgehead atoms. The molecule has 0 saturated carbocycles. The zero-order valence-corrected chi connectivity index (χ0v) is 14.2. The van der Waals surface area contributed by atoms with E-state index in [0.29, 0.717) is 5.92 Å². The molecule has 0 rings (SSSR count). The highest BCUT2D eigenvalue weighted by Gasteiger charge is 2.24. The van der Waals surface area contributed by atoms with Crippen LogP contribution in [0.15, 0.2) is 0 Å². The van der Waals surface area contributed by atoms with Crippen LogP contribution in [-0.4, -0.2) is 66.2 Å². The molecule has 2 atom stereocenters. The number of carboxylic acid groups (broad SMARTS) is 1. The lowest BCUT2D eigenvalue weighted by atomic mass is 10.0. The van der Waals surface area contributed by atoms with Gasteiger partial charge in [-0.1, -0.05) is 20.8 Å². The Balaban J connectivity index is 4.83. The number of aliphatic carboxylic acids is 1. The van der Waals surface area contributed by atoms with Crippen molar-refractivity contribution >= 4 is 12.0 Å². The molecule has 0 spiro atoms. The van der Waals surface area contributed by atoms with Crippen molar-refractivity contribution < 1.29 is 14.7 Å². The zero-order chi connectivity index (χ0) is 16.6. The topological polar surface area (TPSA) is 72.9 Å². The van der Waals surface area contributed by atoms with Crippen LogP contribution in [0.2, 0.25) is 0 Å². The monoisotopic (exact) mass is 301 g/mol. The zero-order valence-electron chi connectivity index (χ0n) is 14.2. The van der Waals surface area contributed by atoms with Crippen molar-refractivity contribution in [1.29, 1.82) is 0 Å². The molecule has 124 valence electrons. The van der Waals surface area contributed by atoms with E-state index in [1.54, 1.807) is 0 Å². The van der Waals surface area contributed by atoms with Crippen LogP contribution in [0.4, 0.5) is 4.79 Å². The predicted octanol–water partition coefficient (Wildman–Crippen LogP) is 1.86. The van der Waals surface area contributed by atoms with Gasteiger partial charge in [0.2, 0.25) is 0 Å². The molecule has 0 fully saturated rings. The van der Waals surface area contributed by atoms with Crippen LogP contribution in [0.1, 0.15) is 40.5 Å². The average molecular weight is 301 g/mol.